The predicted octanol–water partition coefficient (Wildman–Crippen LogP) is 1.07. The van der Waals surface area contributed by atoms with Crippen molar-refractivity contribution in [1.29, 1.82) is 0 Å². The number of aromatic nitrogens is 2. The van der Waals surface area contributed by atoms with E-state index in [4.69, 9.17) is 0 Å². The molecule has 0 spiro atoms. The minimum Gasteiger partial charge on any atom is -0.351 e. The fourth-order valence-corrected chi connectivity index (χ4v) is 2.47. The molecule has 0 saturated carbocycles. The number of amides is 1. The Morgan fingerprint density at radius 1 is 1.53 bits per heavy atom. The van der Waals surface area contributed by atoms with E-state index in [9.17, 15) is 4.79 Å². The number of nitrogens with one attached hydrogen (secondary N) is 2. The van der Waals surface area contributed by atoms with Crippen LogP contribution in [0.4, 0.5) is 0 Å². The van der Waals surface area contributed by atoms with Gasteiger partial charge in [0.25, 0.3) is 0 Å². The van der Waals surface area contributed by atoms with Gasteiger partial charge in [-0.05, 0) is 33.7 Å². The molecular weight excluding hydrogens is 264 g/mol. The number of halogens is 1. The van der Waals surface area contributed by atoms with Crippen LogP contribution in [0.5, 0.6) is 0 Å². The summed E-state index contributed by atoms with van der Waals surface area (Å²) in [5, 5.41) is 10.6. The molecule has 108 valence electrons. The van der Waals surface area contributed by atoms with E-state index >= 15 is 0 Å². The van der Waals surface area contributed by atoms with Gasteiger partial charge in [0.2, 0.25) is 5.91 Å². The van der Waals surface area contributed by atoms with E-state index in [0.29, 0.717) is 6.54 Å². The van der Waals surface area contributed by atoms with E-state index in [2.05, 4.69) is 15.7 Å². The summed E-state index contributed by atoms with van der Waals surface area (Å²) in [7, 11) is 1.93. The molecule has 2 rings (SSSR count). The van der Waals surface area contributed by atoms with Crippen molar-refractivity contribution in [3.8, 4) is 0 Å². The molecule has 6 heteroatoms. The molecule has 0 aliphatic carbocycles. The third-order valence-corrected chi connectivity index (χ3v) is 4.00. The molecule has 1 saturated heterocycles. The molecule has 5 nitrogen and oxygen atoms in total. The number of hydrogen-bond acceptors (Lipinski definition) is 3. The summed E-state index contributed by atoms with van der Waals surface area (Å²) in [6.45, 7) is 8.29. The normalized spacial score (nSPS) is 22.1. The zero-order valence-electron chi connectivity index (χ0n) is 12.0. The van der Waals surface area contributed by atoms with Crippen molar-refractivity contribution in [1.82, 2.24) is 20.4 Å². The standard InChI is InChI=1S/C13H22N4O.ClH/c1-9-11(10(2)17(4)16-9)7-15-12(18)13(3)5-6-14-8-13;/h14H,5-8H2,1-4H3,(H,15,18);1H. The monoisotopic (exact) mass is 286 g/mol. The van der Waals surface area contributed by atoms with E-state index in [1.165, 1.54) is 0 Å². The first kappa shape index (κ1) is 16.0. The lowest BCUT2D eigenvalue weighted by Gasteiger charge is -2.21. The molecule has 1 fully saturated rings. The molecule has 1 atom stereocenters. The van der Waals surface area contributed by atoms with Gasteiger partial charge in [-0.15, -0.1) is 12.4 Å². The first-order chi connectivity index (χ1) is 8.44. The third kappa shape index (κ3) is 3.09. The van der Waals surface area contributed by atoms with Gasteiger partial charge in [0, 0.05) is 31.4 Å². The second kappa shape index (κ2) is 5.92. The molecule has 2 N–H and O–H groups in total. The highest BCUT2D eigenvalue weighted by Gasteiger charge is 2.36. The number of carbonyl (C=O) groups is 1. The van der Waals surface area contributed by atoms with Gasteiger partial charge < -0.3 is 10.6 Å². The van der Waals surface area contributed by atoms with Gasteiger partial charge in [-0.25, -0.2) is 0 Å². The average Bonchev–Trinajstić information content (AvgIpc) is 2.85. The molecular formula is C13H23ClN4O. The van der Waals surface area contributed by atoms with Gasteiger partial charge in [0.1, 0.15) is 0 Å². The largest absolute Gasteiger partial charge is 0.351 e. The molecule has 1 aliphatic heterocycles. The molecule has 1 aromatic heterocycles. The SMILES string of the molecule is Cc1nn(C)c(C)c1CNC(=O)C1(C)CCNC1.Cl. The first-order valence-corrected chi connectivity index (χ1v) is 6.42. The van der Waals surface area contributed by atoms with Gasteiger partial charge >= 0.3 is 0 Å². The van der Waals surface area contributed by atoms with Gasteiger partial charge in [-0.3, -0.25) is 9.48 Å². The maximum absolute atomic E-state index is 12.2. The van der Waals surface area contributed by atoms with Crippen LogP contribution in [0.1, 0.15) is 30.3 Å². The lowest BCUT2D eigenvalue weighted by Crippen LogP contribution is -2.40. The Kier molecular flexibility index (Phi) is 4.98. The summed E-state index contributed by atoms with van der Waals surface area (Å²) < 4.78 is 1.86. The first-order valence-electron chi connectivity index (χ1n) is 6.42. The minimum atomic E-state index is -0.260. The van der Waals surface area contributed by atoms with Crippen LogP contribution in [0.25, 0.3) is 0 Å². The van der Waals surface area contributed by atoms with Gasteiger partial charge in [0.15, 0.2) is 0 Å². The van der Waals surface area contributed by atoms with Crippen molar-refractivity contribution >= 4 is 18.3 Å². The second-order valence-electron chi connectivity index (χ2n) is 5.44. The van der Waals surface area contributed by atoms with Crippen LogP contribution in [0.2, 0.25) is 0 Å². The Labute approximate surface area is 120 Å². The molecule has 0 bridgehead atoms. The highest BCUT2D eigenvalue weighted by atomic mass is 35.5. The smallest absolute Gasteiger partial charge is 0.227 e. The summed E-state index contributed by atoms with van der Waals surface area (Å²) >= 11 is 0. The fraction of sp³-hybridized carbons (Fsp3) is 0.692. The van der Waals surface area contributed by atoms with E-state index in [0.717, 1.165) is 36.5 Å². The van der Waals surface area contributed by atoms with Crippen molar-refractivity contribution in [3.05, 3.63) is 17.0 Å². The van der Waals surface area contributed by atoms with Crippen molar-refractivity contribution in [2.24, 2.45) is 12.5 Å². The summed E-state index contributed by atoms with van der Waals surface area (Å²) in [6, 6.07) is 0. The third-order valence-electron chi connectivity index (χ3n) is 4.00. The minimum absolute atomic E-state index is 0. The Morgan fingerprint density at radius 3 is 2.68 bits per heavy atom. The molecule has 1 aromatic rings. The maximum Gasteiger partial charge on any atom is 0.227 e. The number of hydrogen-bond donors (Lipinski definition) is 2. The zero-order chi connectivity index (χ0) is 13.3. The topological polar surface area (TPSA) is 59.0 Å². The van der Waals surface area contributed by atoms with E-state index in [1.807, 2.05) is 32.5 Å². The van der Waals surface area contributed by atoms with Crippen LogP contribution < -0.4 is 10.6 Å². The Morgan fingerprint density at radius 2 is 2.21 bits per heavy atom. The van der Waals surface area contributed by atoms with Crippen LogP contribution in [0, 0.1) is 19.3 Å². The summed E-state index contributed by atoms with van der Waals surface area (Å²) in [4.78, 5) is 12.2. The van der Waals surface area contributed by atoms with Crippen LogP contribution in [0.15, 0.2) is 0 Å². The van der Waals surface area contributed by atoms with E-state index in [1.54, 1.807) is 0 Å². The summed E-state index contributed by atoms with van der Waals surface area (Å²) in [6.07, 6.45) is 0.907. The second-order valence-corrected chi connectivity index (χ2v) is 5.44. The van der Waals surface area contributed by atoms with E-state index in [-0.39, 0.29) is 23.7 Å². The molecule has 19 heavy (non-hydrogen) atoms. The highest BCUT2D eigenvalue weighted by molar-refractivity contribution is 5.85. The molecule has 1 aliphatic rings. The Balaban J connectivity index is 0.00000180. The van der Waals surface area contributed by atoms with Crippen molar-refractivity contribution in [3.63, 3.8) is 0 Å². The predicted molar refractivity (Wildman–Crippen MR) is 77.4 cm³/mol. The lowest BCUT2D eigenvalue weighted by atomic mass is 9.89. The number of aryl methyl sites for hydroxylation is 2. The molecule has 1 unspecified atom stereocenters. The number of carbonyl (C=O) groups excluding carboxylic acids is 1. The lowest BCUT2D eigenvalue weighted by molar-refractivity contribution is -0.129. The molecule has 1 amide bonds. The van der Waals surface area contributed by atoms with Crippen LogP contribution in [-0.2, 0) is 18.4 Å². The van der Waals surface area contributed by atoms with Gasteiger partial charge in [-0.1, -0.05) is 0 Å². The average molecular weight is 287 g/mol. The number of rotatable bonds is 3. The summed E-state index contributed by atoms with van der Waals surface area (Å²) in [5.74, 6) is 0.134. The van der Waals surface area contributed by atoms with Crippen LogP contribution in [0.3, 0.4) is 0 Å². The Bertz CT molecular complexity index is 463. The van der Waals surface area contributed by atoms with Crippen LogP contribution in [-0.4, -0.2) is 28.8 Å². The number of nitrogens with zero attached hydrogens (tertiary/aromatic N) is 2. The molecule has 0 radical (unpaired) electrons. The van der Waals surface area contributed by atoms with Gasteiger partial charge in [-0.2, -0.15) is 5.10 Å². The molecule has 0 aromatic carbocycles. The summed E-state index contributed by atoms with van der Waals surface area (Å²) in [5.41, 5.74) is 2.97. The highest BCUT2D eigenvalue weighted by Crippen LogP contribution is 2.24. The van der Waals surface area contributed by atoms with E-state index < -0.39 is 0 Å². The fourth-order valence-electron chi connectivity index (χ4n) is 2.47. The Hall–Kier alpha value is -1.07. The maximum atomic E-state index is 12.2. The van der Waals surface area contributed by atoms with Crippen molar-refractivity contribution in [2.45, 2.75) is 33.7 Å². The quantitative estimate of drug-likeness (QED) is 0.874. The van der Waals surface area contributed by atoms with Gasteiger partial charge in [0.05, 0.1) is 11.1 Å². The van der Waals surface area contributed by atoms with Crippen LogP contribution >= 0.6 is 12.4 Å². The zero-order valence-corrected chi connectivity index (χ0v) is 12.9. The van der Waals surface area contributed by atoms with Crippen molar-refractivity contribution < 1.29 is 4.79 Å². The van der Waals surface area contributed by atoms with Crippen molar-refractivity contribution in [2.75, 3.05) is 13.1 Å². The molecule has 2 heterocycles.